The van der Waals surface area contributed by atoms with Crippen LogP contribution >= 0.6 is 0 Å². The van der Waals surface area contributed by atoms with Crippen molar-refractivity contribution in [3.63, 3.8) is 0 Å². The van der Waals surface area contributed by atoms with Crippen LogP contribution in [0.4, 0.5) is 13.2 Å². The predicted octanol–water partition coefficient (Wildman–Crippen LogP) is 2.33. The lowest BCUT2D eigenvalue weighted by molar-refractivity contribution is -0.274. The molecule has 0 atom stereocenters. The highest BCUT2D eigenvalue weighted by atomic mass is 19.4. The normalized spacial score (nSPS) is 16.4. The molecule has 0 aromatic heterocycles. The summed E-state index contributed by atoms with van der Waals surface area (Å²) >= 11 is 0. The molecule has 4 nitrogen and oxygen atoms in total. The summed E-state index contributed by atoms with van der Waals surface area (Å²) in [6, 6.07) is 4.83. The fraction of sp³-hybridized carbons (Fsp3) is 0.417. The van der Waals surface area contributed by atoms with Crippen molar-refractivity contribution in [1.29, 1.82) is 0 Å². The van der Waals surface area contributed by atoms with Gasteiger partial charge < -0.3 is 4.74 Å². The second kappa shape index (κ2) is 5.48. The molecular weight excluding hydrogens is 261 g/mol. The molecule has 0 saturated carbocycles. The summed E-state index contributed by atoms with van der Waals surface area (Å²) in [7, 11) is 0. The van der Waals surface area contributed by atoms with Crippen LogP contribution in [0.2, 0.25) is 0 Å². The Hall–Kier alpha value is -1.76. The van der Waals surface area contributed by atoms with Crippen LogP contribution < -0.4 is 10.2 Å². The molecule has 7 heteroatoms. The number of amides is 1. The van der Waals surface area contributed by atoms with Gasteiger partial charge in [0.2, 0.25) is 0 Å². The van der Waals surface area contributed by atoms with E-state index in [0.717, 1.165) is 38.1 Å². The number of alkyl halides is 3. The summed E-state index contributed by atoms with van der Waals surface area (Å²) in [5.74, 6) is -0.675. The van der Waals surface area contributed by atoms with Crippen molar-refractivity contribution in [3.8, 4) is 5.75 Å². The molecule has 1 N–H and O–H groups in total. The van der Waals surface area contributed by atoms with Gasteiger partial charge in [0.1, 0.15) is 5.75 Å². The van der Waals surface area contributed by atoms with Crippen molar-refractivity contribution in [2.24, 2.45) is 0 Å². The molecule has 0 aliphatic carbocycles. The number of halogens is 3. The molecule has 1 saturated heterocycles. The predicted molar refractivity (Wildman–Crippen MR) is 61.4 cm³/mol. The van der Waals surface area contributed by atoms with Gasteiger partial charge in [-0.05, 0) is 37.1 Å². The quantitative estimate of drug-likeness (QED) is 0.919. The van der Waals surface area contributed by atoms with E-state index in [4.69, 9.17) is 0 Å². The van der Waals surface area contributed by atoms with E-state index in [1.807, 2.05) is 0 Å². The van der Waals surface area contributed by atoms with Gasteiger partial charge in [-0.2, -0.15) is 0 Å². The monoisotopic (exact) mass is 274 g/mol. The van der Waals surface area contributed by atoms with Gasteiger partial charge in [0.25, 0.3) is 5.91 Å². The molecule has 1 aliphatic rings. The number of nitrogens with one attached hydrogen (secondary N) is 1. The van der Waals surface area contributed by atoms with E-state index in [1.54, 1.807) is 5.01 Å². The first-order valence-electron chi connectivity index (χ1n) is 5.86. The first-order valence-corrected chi connectivity index (χ1v) is 5.86. The Kier molecular flexibility index (Phi) is 3.94. The highest BCUT2D eigenvalue weighted by Crippen LogP contribution is 2.22. The van der Waals surface area contributed by atoms with Crippen LogP contribution in [0.3, 0.4) is 0 Å². The van der Waals surface area contributed by atoms with Gasteiger partial charge in [-0.1, -0.05) is 0 Å². The molecule has 2 rings (SSSR count). The highest BCUT2D eigenvalue weighted by Gasteiger charge is 2.31. The Morgan fingerprint density at radius 2 is 1.74 bits per heavy atom. The van der Waals surface area contributed by atoms with Gasteiger partial charge in [0.05, 0.1) is 0 Å². The summed E-state index contributed by atoms with van der Waals surface area (Å²) in [6.45, 7) is 1.59. The maximum Gasteiger partial charge on any atom is 0.573 e. The third-order valence-electron chi connectivity index (χ3n) is 2.72. The Bertz CT molecular complexity index is 439. The number of hydrogen-bond donors (Lipinski definition) is 1. The van der Waals surface area contributed by atoms with Crippen molar-refractivity contribution in [3.05, 3.63) is 29.8 Å². The molecule has 0 unspecified atom stereocenters. The first kappa shape index (κ1) is 13.7. The molecular formula is C12H13F3N2O2. The van der Waals surface area contributed by atoms with E-state index >= 15 is 0 Å². The summed E-state index contributed by atoms with van der Waals surface area (Å²) in [5.41, 5.74) is 2.99. The number of carbonyl (C=O) groups excluding carboxylic acids is 1. The fourth-order valence-corrected chi connectivity index (χ4v) is 1.85. The number of ether oxygens (including phenoxy) is 1. The van der Waals surface area contributed by atoms with Gasteiger partial charge in [0.15, 0.2) is 0 Å². The summed E-state index contributed by atoms with van der Waals surface area (Å²) in [6.07, 6.45) is -2.67. The lowest BCUT2D eigenvalue weighted by Crippen LogP contribution is -2.39. The first-order chi connectivity index (χ1) is 8.94. The van der Waals surface area contributed by atoms with Crippen LogP contribution in [0.15, 0.2) is 24.3 Å². The second-order valence-corrected chi connectivity index (χ2v) is 4.21. The van der Waals surface area contributed by atoms with Crippen molar-refractivity contribution in [1.82, 2.24) is 10.4 Å². The van der Waals surface area contributed by atoms with Crippen molar-refractivity contribution < 1.29 is 22.7 Å². The largest absolute Gasteiger partial charge is 0.573 e. The summed E-state index contributed by atoms with van der Waals surface area (Å²) < 4.78 is 39.6. The third kappa shape index (κ3) is 4.13. The van der Waals surface area contributed by atoms with Crippen LogP contribution in [0.5, 0.6) is 5.75 Å². The standard InChI is InChI=1S/C12H13F3N2O2/c13-12(14,15)19-10-5-3-9(4-6-10)11(18)16-17-7-1-2-8-17/h3-6H,1-2,7-8H2,(H,16,18). The van der Waals surface area contributed by atoms with E-state index in [0.29, 0.717) is 5.56 Å². The maximum absolute atomic E-state index is 12.0. The number of hydrazine groups is 1. The maximum atomic E-state index is 12.0. The minimum atomic E-state index is -4.72. The number of carbonyl (C=O) groups is 1. The molecule has 1 aromatic carbocycles. The van der Waals surface area contributed by atoms with Crippen molar-refractivity contribution in [2.45, 2.75) is 19.2 Å². The number of benzene rings is 1. The fourth-order valence-electron chi connectivity index (χ4n) is 1.85. The molecule has 1 heterocycles. The average molecular weight is 274 g/mol. The van der Waals surface area contributed by atoms with E-state index in [1.165, 1.54) is 12.1 Å². The van der Waals surface area contributed by atoms with Gasteiger partial charge in [-0.3, -0.25) is 10.2 Å². The third-order valence-corrected chi connectivity index (χ3v) is 2.72. The Balaban J connectivity index is 1.95. The molecule has 1 amide bonds. The Morgan fingerprint density at radius 1 is 1.16 bits per heavy atom. The van der Waals surface area contributed by atoms with Crippen molar-refractivity contribution >= 4 is 5.91 Å². The van der Waals surface area contributed by atoms with Gasteiger partial charge in [-0.15, -0.1) is 13.2 Å². The van der Waals surface area contributed by atoms with Crippen LogP contribution in [0, 0.1) is 0 Å². The molecule has 0 radical (unpaired) electrons. The Morgan fingerprint density at radius 3 is 2.26 bits per heavy atom. The number of nitrogens with zero attached hydrogens (tertiary/aromatic N) is 1. The zero-order valence-electron chi connectivity index (χ0n) is 10.0. The van der Waals surface area contributed by atoms with Gasteiger partial charge in [0, 0.05) is 18.7 Å². The minimum absolute atomic E-state index is 0.293. The van der Waals surface area contributed by atoms with Crippen molar-refractivity contribution in [2.75, 3.05) is 13.1 Å². The molecule has 19 heavy (non-hydrogen) atoms. The van der Waals surface area contributed by atoms with Crippen LogP contribution in [-0.4, -0.2) is 30.4 Å². The van der Waals surface area contributed by atoms with E-state index in [9.17, 15) is 18.0 Å². The molecule has 1 fully saturated rings. The number of hydrogen-bond acceptors (Lipinski definition) is 3. The lowest BCUT2D eigenvalue weighted by Gasteiger charge is -2.16. The summed E-state index contributed by atoms with van der Waals surface area (Å²) in [5, 5.41) is 1.79. The molecule has 0 spiro atoms. The van der Waals surface area contributed by atoms with Gasteiger partial charge >= 0.3 is 6.36 Å². The Labute approximate surface area is 108 Å². The van der Waals surface area contributed by atoms with E-state index in [2.05, 4.69) is 10.2 Å². The SMILES string of the molecule is O=C(NN1CCCC1)c1ccc(OC(F)(F)F)cc1. The topological polar surface area (TPSA) is 41.6 Å². The second-order valence-electron chi connectivity index (χ2n) is 4.21. The zero-order valence-corrected chi connectivity index (χ0v) is 10.0. The van der Waals surface area contributed by atoms with Crippen LogP contribution in [0.1, 0.15) is 23.2 Å². The van der Waals surface area contributed by atoms with Crippen LogP contribution in [0.25, 0.3) is 0 Å². The zero-order chi connectivity index (χ0) is 13.9. The minimum Gasteiger partial charge on any atom is -0.406 e. The molecule has 0 bridgehead atoms. The molecule has 1 aliphatic heterocycles. The number of rotatable bonds is 3. The smallest absolute Gasteiger partial charge is 0.406 e. The van der Waals surface area contributed by atoms with Crippen LogP contribution in [-0.2, 0) is 0 Å². The van der Waals surface area contributed by atoms with E-state index < -0.39 is 6.36 Å². The average Bonchev–Trinajstić information content (AvgIpc) is 2.80. The summed E-state index contributed by atoms with van der Waals surface area (Å²) in [4.78, 5) is 11.8. The lowest BCUT2D eigenvalue weighted by atomic mass is 10.2. The molecule has 104 valence electrons. The molecule has 1 aromatic rings. The van der Waals surface area contributed by atoms with E-state index in [-0.39, 0.29) is 11.7 Å². The highest BCUT2D eigenvalue weighted by molar-refractivity contribution is 5.93. The van der Waals surface area contributed by atoms with Gasteiger partial charge in [-0.25, -0.2) is 5.01 Å².